The number of nitrogens with zero attached hydrogens (tertiary/aromatic N) is 2. The standard InChI is InChI=1S/C20H20ClF2N5O3/c21-20(22,23)31-15-3-1-14(2-4-15)27-19(30)13-7-16(17(25)5-6-24)18(26-8-13)28-9-12(10-28)11-29/h1-8,12,24,29H,9-11,25H2,(H,27,30). The number of nitrogens with one attached hydrogen (secondary N) is 2. The van der Waals surface area contributed by atoms with Gasteiger partial charge in [-0.15, -0.1) is 8.78 Å². The summed E-state index contributed by atoms with van der Waals surface area (Å²) >= 11 is 4.72. The minimum absolute atomic E-state index is 0.0739. The highest BCUT2D eigenvalue weighted by atomic mass is 35.5. The molecule has 1 aliphatic heterocycles. The summed E-state index contributed by atoms with van der Waals surface area (Å²) in [6.07, 6.45) is 3.81. The fraction of sp³-hybridized carbons (Fsp3) is 0.250. The molecule has 1 amide bonds. The van der Waals surface area contributed by atoms with Crippen molar-refractivity contribution in [2.75, 3.05) is 29.9 Å². The highest BCUT2D eigenvalue weighted by molar-refractivity contribution is 6.20. The van der Waals surface area contributed by atoms with Crippen molar-refractivity contribution >= 4 is 40.9 Å². The normalized spacial score (nSPS) is 14.7. The maximum atomic E-state index is 12.7. The number of hydrogen-bond acceptors (Lipinski definition) is 7. The number of rotatable bonds is 8. The number of aromatic nitrogens is 1. The van der Waals surface area contributed by atoms with Crippen LogP contribution in [0.3, 0.4) is 0 Å². The van der Waals surface area contributed by atoms with Crippen LogP contribution < -0.4 is 20.7 Å². The average Bonchev–Trinajstić information content (AvgIpc) is 2.68. The summed E-state index contributed by atoms with van der Waals surface area (Å²) in [5.74, 6) is 0.0550. The lowest BCUT2D eigenvalue weighted by atomic mass is 9.99. The molecule has 164 valence electrons. The zero-order chi connectivity index (χ0) is 22.6. The highest BCUT2D eigenvalue weighted by Crippen LogP contribution is 2.30. The third-order valence-electron chi connectivity index (χ3n) is 4.56. The number of ether oxygens (including phenoxy) is 1. The number of aliphatic hydroxyl groups is 1. The number of hydrogen-bond donors (Lipinski definition) is 4. The summed E-state index contributed by atoms with van der Waals surface area (Å²) in [4.78, 5) is 18.9. The molecule has 1 aromatic carbocycles. The molecule has 5 N–H and O–H groups in total. The number of aliphatic hydroxyl groups excluding tert-OH is 1. The molecule has 1 aromatic heterocycles. The van der Waals surface area contributed by atoms with Crippen LogP contribution in [0, 0.1) is 11.3 Å². The lowest BCUT2D eigenvalue weighted by molar-refractivity contribution is -0.0964. The number of pyridine rings is 1. The smallest absolute Gasteiger partial charge is 0.420 e. The van der Waals surface area contributed by atoms with Crippen LogP contribution in [0.1, 0.15) is 15.9 Å². The molecule has 3 rings (SSSR count). The van der Waals surface area contributed by atoms with Gasteiger partial charge in [0.05, 0.1) is 5.56 Å². The van der Waals surface area contributed by atoms with E-state index in [-0.39, 0.29) is 29.5 Å². The molecule has 1 saturated heterocycles. The second-order valence-electron chi connectivity index (χ2n) is 6.86. The van der Waals surface area contributed by atoms with Crippen LogP contribution in [0.2, 0.25) is 0 Å². The van der Waals surface area contributed by atoms with Crippen molar-refractivity contribution in [3.05, 3.63) is 53.7 Å². The molecular weight excluding hydrogens is 432 g/mol. The van der Waals surface area contributed by atoms with Gasteiger partial charge in [-0.1, -0.05) is 0 Å². The lowest BCUT2D eigenvalue weighted by Crippen LogP contribution is -2.49. The lowest BCUT2D eigenvalue weighted by Gasteiger charge is -2.40. The Hall–Kier alpha value is -3.24. The van der Waals surface area contributed by atoms with Gasteiger partial charge in [0.25, 0.3) is 5.91 Å². The summed E-state index contributed by atoms with van der Waals surface area (Å²) in [7, 11) is 0. The second-order valence-corrected chi connectivity index (χ2v) is 7.30. The average molecular weight is 452 g/mol. The molecule has 0 saturated carbocycles. The van der Waals surface area contributed by atoms with Gasteiger partial charge in [0.15, 0.2) is 0 Å². The number of anilines is 2. The van der Waals surface area contributed by atoms with E-state index in [0.29, 0.717) is 30.2 Å². The monoisotopic (exact) mass is 451 g/mol. The molecular formula is C20H20ClF2N5O3. The van der Waals surface area contributed by atoms with E-state index < -0.39 is 11.5 Å². The van der Waals surface area contributed by atoms with Crippen molar-refractivity contribution in [1.29, 1.82) is 5.41 Å². The van der Waals surface area contributed by atoms with E-state index in [4.69, 9.17) is 22.7 Å². The van der Waals surface area contributed by atoms with Gasteiger partial charge in [0.1, 0.15) is 11.6 Å². The maximum Gasteiger partial charge on any atom is 0.487 e. The Kier molecular flexibility index (Phi) is 6.71. The van der Waals surface area contributed by atoms with Crippen LogP contribution in [0.25, 0.3) is 5.70 Å². The Morgan fingerprint density at radius 3 is 2.68 bits per heavy atom. The number of carbonyl (C=O) groups is 1. The molecule has 0 bridgehead atoms. The van der Waals surface area contributed by atoms with Crippen molar-refractivity contribution in [2.24, 2.45) is 11.7 Å². The molecule has 2 aromatic rings. The van der Waals surface area contributed by atoms with Crippen LogP contribution in [-0.2, 0) is 0 Å². The number of benzene rings is 1. The predicted molar refractivity (Wildman–Crippen MR) is 114 cm³/mol. The number of alkyl halides is 3. The predicted octanol–water partition coefficient (Wildman–Crippen LogP) is 2.88. The quantitative estimate of drug-likeness (QED) is 0.361. The largest absolute Gasteiger partial charge is 0.487 e. The maximum absolute atomic E-state index is 12.7. The van der Waals surface area contributed by atoms with Gasteiger partial charge in [-0.05, 0) is 36.4 Å². The van der Waals surface area contributed by atoms with Crippen LogP contribution in [0.4, 0.5) is 20.3 Å². The van der Waals surface area contributed by atoms with E-state index >= 15 is 0 Å². The van der Waals surface area contributed by atoms with Gasteiger partial charge in [-0.25, -0.2) is 4.98 Å². The fourth-order valence-corrected chi connectivity index (χ4v) is 3.12. The van der Waals surface area contributed by atoms with Crippen molar-refractivity contribution in [3.8, 4) is 5.75 Å². The summed E-state index contributed by atoms with van der Waals surface area (Å²) in [5.41, 5.74) is 3.54. The molecule has 11 heteroatoms. The zero-order valence-corrected chi connectivity index (χ0v) is 16.9. The topological polar surface area (TPSA) is 125 Å². The Bertz CT molecular complexity index is 989. The van der Waals surface area contributed by atoms with E-state index in [1.165, 1.54) is 36.5 Å². The Balaban J connectivity index is 1.78. The minimum atomic E-state index is -3.83. The van der Waals surface area contributed by atoms with E-state index in [0.717, 1.165) is 6.21 Å². The zero-order valence-electron chi connectivity index (χ0n) is 16.2. The van der Waals surface area contributed by atoms with Gasteiger partial charge in [-0.3, -0.25) is 4.79 Å². The molecule has 0 radical (unpaired) electrons. The molecule has 0 spiro atoms. The van der Waals surface area contributed by atoms with Crippen LogP contribution in [0.15, 0.2) is 42.6 Å². The minimum Gasteiger partial charge on any atom is -0.420 e. The summed E-state index contributed by atoms with van der Waals surface area (Å²) < 4.78 is 29.6. The van der Waals surface area contributed by atoms with Crippen molar-refractivity contribution in [3.63, 3.8) is 0 Å². The molecule has 1 fully saturated rings. The third kappa shape index (κ3) is 5.68. The van der Waals surface area contributed by atoms with Crippen molar-refractivity contribution in [2.45, 2.75) is 5.57 Å². The number of amides is 1. The number of carbonyl (C=O) groups excluding carboxylic acids is 1. The van der Waals surface area contributed by atoms with E-state index in [1.807, 2.05) is 4.90 Å². The van der Waals surface area contributed by atoms with Gasteiger partial charge in [-0.2, -0.15) is 0 Å². The first-order chi connectivity index (χ1) is 14.7. The Labute approximate surface area is 181 Å². The van der Waals surface area contributed by atoms with Crippen LogP contribution in [0.5, 0.6) is 5.75 Å². The van der Waals surface area contributed by atoms with E-state index in [9.17, 15) is 18.7 Å². The molecule has 31 heavy (non-hydrogen) atoms. The van der Waals surface area contributed by atoms with E-state index in [2.05, 4.69) is 15.0 Å². The SMILES string of the molecule is N=CC=C(N)c1cc(C(=O)Nc2ccc(OC(F)(F)Cl)cc2)cnc1N1CC(CO)C1. The molecule has 0 unspecified atom stereocenters. The van der Waals surface area contributed by atoms with Gasteiger partial charge in [0.2, 0.25) is 0 Å². The summed E-state index contributed by atoms with van der Waals surface area (Å²) in [6.45, 7) is 1.29. The first-order valence-corrected chi connectivity index (χ1v) is 9.57. The summed E-state index contributed by atoms with van der Waals surface area (Å²) in [5, 5.41) is 19.1. The van der Waals surface area contributed by atoms with Gasteiger partial charge >= 0.3 is 5.57 Å². The highest BCUT2D eigenvalue weighted by Gasteiger charge is 2.30. The molecule has 8 nitrogen and oxygen atoms in total. The molecule has 0 atom stereocenters. The molecule has 1 aliphatic rings. The molecule has 0 aliphatic carbocycles. The second kappa shape index (κ2) is 9.27. The van der Waals surface area contributed by atoms with Crippen LogP contribution in [-0.4, -0.2) is 47.5 Å². The fourth-order valence-electron chi connectivity index (χ4n) is 3.03. The first-order valence-electron chi connectivity index (χ1n) is 9.19. The Morgan fingerprint density at radius 2 is 2.10 bits per heavy atom. The Morgan fingerprint density at radius 1 is 1.42 bits per heavy atom. The summed E-state index contributed by atoms with van der Waals surface area (Å²) in [6, 6.07) is 6.81. The van der Waals surface area contributed by atoms with E-state index in [1.54, 1.807) is 6.07 Å². The van der Waals surface area contributed by atoms with Gasteiger partial charge in [0, 0.05) is 66.6 Å². The third-order valence-corrected chi connectivity index (χ3v) is 4.64. The molecule has 2 heterocycles. The van der Waals surface area contributed by atoms with Crippen LogP contribution >= 0.6 is 11.6 Å². The van der Waals surface area contributed by atoms with Crippen molar-refractivity contribution in [1.82, 2.24) is 4.98 Å². The number of nitrogens with two attached hydrogens (primary N) is 1. The number of halogens is 3. The number of allylic oxidation sites excluding steroid dienone is 1. The van der Waals surface area contributed by atoms with Gasteiger partial charge < -0.3 is 31.2 Å². The van der Waals surface area contributed by atoms with Crippen molar-refractivity contribution < 1.29 is 23.4 Å². The first kappa shape index (κ1) is 22.4.